The number of hydrogen-bond acceptors (Lipinski definition) is 4. The highest BCUT2D eigenvalue weighted by atomic mass is 19.1. The molecular formula is C21H18FN5O3. The van der Waals surface area contributed by atoms with Crippen LogP contribution in [0, 0.1) is 5.82 Å². The predicted molar refractivity (Wildman–Crippen MR) is 108 cm³/mol. The molecule has 1 fully saturated rings. The Morgan fingerprint density at radius 1 is 1.13 bits per heavy atom. The first-order chi connectivity index (χ1) is 14.4. The van der Waals surface area contributed by atoms with E-state index in [-0.39, 0.29) is 18.2 Å². The average molecular weight is 407 g/mol. The van der Waals surface area contributed by atoms with E-state index in [1.807, 2.05) is 0 Å². The number of benzene rings is 2. The largest absolute Gasteiger partial charge is 0.329 e. The van der Waals surface area contributed by atoms with Gasteiger partial charge in [0.05, 0.1) is 24.0 Å². The lowest BCUT2D eigenvalue weighted by Crippen LogP contribution is -2.34. The summed E-state index contributed by atoms with van der Waals surface area (Å²) in [4.78, 5) is 42.5. The Balaban J connectivity index is 1.44. The minimum absolute atomic E-state index is 0.230. The molecule has 0 radical (unpaired) electrons. The summed E-state index contributed by atoms with van der Waals surface area (Å²) in [6.07, 6.45) is 1.33. The maximum absolute atomic E-state index is 13.1. The number of aromatic nitrogens is 2. The lowest BCUT2D eigenvalue weighted by Gasteiger charge is -2.13. The smallest absolute Gasteiger partial charge is 0.325 e. The Hall–Kier alpha value is -4.01. The Kier molecular flexibility index (Phi) is 5.01. The van der Waals surface area contributed by atoms with Crippen molar-refractivity contribution in [2.75, 3.05) is 10.2 Å². The Labute approximate surface area is 171 Å². The van der Waals surface area contributed by atoms with E-state index in [2.05, 4.69) is 15.6 Å². The molecule has 152 valence electrons. The highest BCUT2D eigenvalue weighted by molar-refractivity contribution is 6.22. The van der Waals surface area contributed by atoms with Crippen LogP contribution in [0.25, 0.3) is 11.3 Å². The van der Waals surface area contributed by atoms with Crippen molar-refractivity contribution in [2.24, 2.45) is 7.05 Å². The summed E-state index contributed by atoms with van der Waals surface area (Å²) in [7, 11) is 1.71. The highest BCUT2D eigenvalue weighted by Crippen LogP contribution is 2.23. The van der Waals surface area contributed by atoms with Gasteiger partial charge in [-0.25, -0.2) is 19.1 Å². The molecule has 0 saturated carbocycles. The molecule has 4 rings (SSSR count). The second-order valence-electron chi connectivity index (χ2n) is 6.80. The van der Waals surface area contributed by atoms with E-state index in [1.54, 1.807) is 60.3 Å². The molecule has 1 aliphatic heterocycles. The molecule has 2 heterocycles. The lowest BCUT2D eigenvalue weighted by molar-refractivity contribution is -0.122. The Morgan fingerprint density at radius 3 is 2.53 bits per heavy atom. The molecule has 1 aromatic heterocycles. The number of para-hydroxylation sites is 1. The molecule has 1 aliphatic rings. The molecule has 0 spiro atoms. The lowest BCUT2D eigenvalue weighted by atomic mass is 10.2. The van der Waals surface area contributed by atoms with E-state index in [0.29, 0.717) is 11.4 Å². The third-order valence-electron chi connectivity index (χ3n) is 4.80. The number of urea groups is 1. The van der Waals surface area contributed by atoms with Crippen LogP contribution in [0.4, 0.5) is 20.8 Å². The minimum Gasteiger partial charge on any atom is -0.325 e. The predicted octanol–water partition coefficient (Wildman–Crippen LogP) is 2.68. The average Bonchev–Trinajstić information content (AvgIpc) is 3.22. The first kappa shape index (κ1) is 19.3. The van der Waals surface area contributed by atoms with Crippen molar-refractivity contribution in [3.63, 3.8) is 0 Å². The van der Waals surface area contributed by atoms with Gasteiger partial charge in [-0.1, -0.05) is 18.2 Å². The molecule has 30 heavy (non-hydrogen) atoms. The normalized spacial score (nSPS) is 15.9. The van der Waals surface area contributed by atoms with Gasteiger partial charge in [0.2, 0.25) is 11.9 Å². The second-order valence-corrected chi connectivity index (χ2v) is 6.80. The van der Waals surface area contributed by atoms with Crippen LogP contribution in [0.5, 0.6) is 0 Å². The van der Waals surface area contributed by atoms with Crippen LogP contribution in [0.15, 0.2) is 60.8 Å². The zero-order valence-corrected chi connectivity index (χ0v) is 16.0. The standard InChI is InChI=1S/C21H18FN5O3/c1-26-17(13-7-9-14(22)10-8-13)12-23-20(26)25-18(28)11-16-19(29)27(21(30)24-16)15-5-3-2-4-6-15/h2-10,12,16H,11H2,1H3,(H,24,30)(H,23,25,28). The minimum atomic E-state index is -0.963. The van der Waals surface area contributed by atoms with Crippen molar-refractivity contribution in [1.82, 2.24) is 14.9 Å². The maximum Gasteiger partial charge on any atom is 0.329 e. The second kappa shape index (κ2) is 7.78. The van der Waals surface area contributed by atoms with Crippen molar-refractivity contribution in [2.45, 2.75) is 12.5 Å². The van der Waals surface area contributed by atoms with Gasteiger partial charge in [0, 0.05) is 12.6 Å². The number of rotatable bonds is 5. The topological polar surface area (TPSA) is 96.3 Å². The number of imide groups is 1. The molecule has 9 heteroatoms. The number of carbonyl (C=O) groups is 3. The molecule has 0 bridgehead atoms. The quantitative estimate of drug-likeness (QED) is 0.636. The molecule has 1 unspecified atom stereocenters. The van der Waals surface area contributed by atoms with E-state index in [4.69, 9.17) is 0 Å². The number of nitrogens with one attached hydrogen (secondary N) is 2. The summed E-state index contributed by atoms with van der Waals surface area (Å²) < 4.78 is 14.8. The van der Waals surface area contributed by atoms with Gasteiger partial charge in [-0.2, -0.15) is 0 Å². The fourth-order valence-electron chi connectivity index (χ4n) is 3.27. The van der Waals surface area contributed by atoms with Gasteiger partial charge >= 0.3 is 6.03 Å². The van der Waals surface area contributed by atoms with Gasteiger partial charge in [-0.05, 0) is 36.4 Å². The number of imidazole rings is 1. The number of anilines is 2. The fraction of sp³-hybridized carbons (Fsp3) is 0.143. The van der Waals surface area contributed by atoms with Crippen molar-refractivity contribution in [3.05, 3.63) is 66.6 Å². The van der Waals surface area contributed by atoms with Gasteiger partial charge in [0.25, 0.3) is 5.91 Å². The van der Waals surface area contributed by atoms with Crippen LogP contribution >= 0.6 is 0 Å². The van der Waals surface area contributed by atoms with E-state index in [9.17, 15) is 18.8 Å². The van der Waals surface area contributed by atoms with Gasteiger partial charge in [0.15, 0.2) is 0 Å². The van der Waals surface area contributed by atoms with Crippen LogP contribution in [0.1, 0.15) is 6.42 Å². The van der Waals surface area contributed by atoms with Gasteiger partial charge < -0.3 is 9.88 Å². The Morgan fingerprint density at radius 2 is 1.83 bits per heavy atom. The van der Waals surface area contributed by atoms with Crippen molar-refractivity contribution >= 4 is 29.5 Å². The van der Waals surface area contributed by atoms with Gasteiger partial charge in [-0.3, -0.25) is 14.9 Å². The molecule has 3 aromatic rings. The fourth-order valence-corrected chi connectivity index (χ4v) is 3.27. The monoisotopic (exact) mass is 407 g/mol. The SMILES string of the molecule is Cn1c(-c2ccc(F)cc2)cnc1NC(=O)CC1NC(=O)N(c2ccccc2)C1=O. The number of carbonyl (C=O) groups excluding carboxylic acids is 3. The van der Waals surface area contributed by atoms with Gasteiger partial charge in [-0.15, -0.1) is 0 Å². The highest BCUT2D eigenvalue weighted by Gasteiger charge is 2.40. The van der Waals surface area contributed by atoms with Gasteiger partial charge in [0.1, 0.15) is 11.9 Å². The number of nitrogens with zero attached hydrogens (tertiary/aromatic N) is 3. The summed E-state index contributed by atoms with van der Waals surface area (Å²) in [6, 6.07) is 12.9. The number of amides is 4. The number of halogens is 1. The van der Waals surface area contributed by atoms with Crippen molar-refractivity contribution < 1.29 is 18.8 Å². The summed E-state index contributed by atoms with van der Waals surface area (Å²) in [5.41, 5.74) is 1.87. The molecule has 8 nitrogen and oxygen atoms in total. The van der Waals surface area contributed by atoms with E-state index < -0.39 is 23.9 Å². The summed E-state index contributed by atoms with van der Waals surface area (Å²) in [5.74, 6) is -1.03. The van der Waals surface area contributed by atoms with Crippen LogP contribution < -0.4 is 15.5 Å². The number of hydrogen-bond donors (Lipinski definition) is 2. The van der Waals surface area contributed by atoms with Crippen molar-refractivity contribution in [1.29, 1.82) is 0 Å². The third-order valence-corrected chi connectivity index (χ3v) is 4.80. The van der Waals surface area contributed by atoms with E-state index in [0.717, 1.165) is 10.5 Å². The molecule has 0 aliphatic carbocycles. The molecule has 2 N–H and O–H groups in total. The Bertz CT molecular complexity index is 1110. The van der Waals surface area contributed by atoms with E-state index in [1.165, 1.54) is 12.1 Å². The first-order valence-electron chi connectivity index (χ1n) is 9.21. The molecular weight excluding hydrogens is 389 g/mol. The van der Waals surface area contributed by atoms with Crippen molar-refractivity contribution in [3.8, 4) is 11.3 Å². The van der Waals surface area contributed by atoms with Crippen LogP contribution in [-0.2, 0) is 16.6 Å². The summed E-state index contributed by atoms with van der Waals surface area (Å²) >= 11 is 0. The summed E-state index contributed by atoms with van der Waals surface area (Å²) in [6.45, 7) is 0. The zero-order valence-electron chi connectivity index (χ0n) is 16.0. The van der Waals surface area contributed by atoms with Crippen LogP contribution in [0.3, 0.4) is 0 Å². The van der Waals surface area contributed by atoms with E-state index >= 15 is 0 Å². The van der Waals surface area contributed by atoms with Crippen LogP contribution in [-0.4, -0.2) is 33.4 Å². The molecule has 1 atom stereocenters. The molecule has 4 amide bonds. The summed E-state index contributed by atoms with van der Waals surface area (Å²) in [5, 5.41) is 5.18. The zero-order chi connectivity index (χ0) is 21.3. The van der Waals surface area contributed by atoms with Crippen LogP contribution in [0.2, 0.25) is 0 Å². The molecule has 2 aromatic carbocycles. The molecule has 1 saturated heterocycles. The maximum atomic E-state index is 13.1. The first-order valence-corrected chi connectivity index (χ1v) is 9.21. The third kappa shape index (κ3) is 3.64.